The van der Waals surface area contributed by atoms with Crippen molar-refractivity contribution in [1.82, 2.24) is 0 Å². The van der Waals surface area contributed by atoms with E-state index >= 15 is 0 Å². The van der Waals surface area contributed by atoms with E-state index in [0.29, 0.717) is 5.56 Å². The Hall–Kier alpha value is -2.69. The molecule has 4 nitrogen and oxygen atoms in total. The van der Waals surface area contributed by atoms with Gasteiger partial charge >= 0.3 is 11.9 Å². The SMILES string of the molecule is CCOC(=O)C(C(=O)OCC)c1ccc(-c2ccc(F)cc2)cc1C. The van der Waals surface area contributed by atoms with Gasteiger partial charge in [-0.3, -0.25) is 9.59 Å². The van der Waals surface area contributed by atoms with Gasteiger partial charge in [0.05, 0.1) is 13.2 Å². The lowest BCUT2D eigenvalue weighted by molar-refractivity contribution is -0.156. The van der Waals surface area contributed by atoms with Crippen molar-refractivity contribution < 1.29 is 23.5 Å². The highest BCUT2D eigenvalue weighted by molar-refractivity contribution is 6.01. The summed E-state index contributed by atoms with van der Waals surface area (Å²) in [6.07, 6.45) is 0. The van der Waals surface area contributed by atoms with Gasteiger partial charge in [-0.25, -0.2) is 4.39 Å². The molecule has 0 saturated heterocycles. The second-order valence-electron chi connectivity index (χ2n) is 5.52. The van der Waals surface area contributed by atoms with Gasteiger partial charge < -0.3 is 9.47 Å². The van der Waals surface area contributed by atoms with Gasteiger partial charge in [0.25, 0.3) is 0 Å². The molecule has 0 N–H and O–H groups in total. The highest BCUT2D eigenvalue weighted by Gasteiger charge is 2.32. The van der Waals surface area contributed by atoms with Gasteiger partial charge in [-0.1, -0.05) is 30.3 Å². The van der Waals surface area contributed by atoms with Crippen LogP contribution in [-0.2, 0) is 19.1 Å². The number of hydrogen-bond acceptors (Lipinski definition) is 4. The number of benzene rings is 2. The zero-order valence-electron chi connectivity index (χ0n) is 14.5. The Morgan fingerprint density at radius 2 is 1.44 bits per heavy atom. The maximum Gasteiger partial charge on any atom is 0.324 e. The van der Waals surface area contributed by atoms with E-state index in [1.165, 1.54) is 12.1 Å². The third-order valence-electron chi connectivity index (χ3n) is 3.80. The molecule has 0 radical (unpaired) electrons. The molecule has 2 rings (SSSR count). The average Bonchev–Trinajstić information content (AvgIpc) is 2.58. The zero-order chi connectivity index (χ0) is 18.4. The summed E-state index contributed by atoms with van der Waals surface area (Å²) in [7, 11) is 0. The molecule has 25 heavy (non-hydrogen) atoms. The van der Waals surface area contributed by atoms with Crippen LogP contribution >= 0.6 is 0 Å². The van der Waals surface area contributed by atoms with Gasteiger partial charge in [0.1, 0.15) is 5.82 Å². The molecule has 0 atom stereocenters. The summed E-state index contributed by atoms with van der Waals surface area (Å²) in [4.78, 5) is 24.5. The third kappa shape index (κ3) is 4.44. The molecule has 0 aliphatic heterocycles. The molecule has 0 aromatic heterocycles. The van der Waals surface area contributed by atoms with Crippen LogP contribution < -0.4 is 0 Å². The van der Waals surface area contributed by atoms with Crippen LogP contribution in [0.2, 0.25) is 0 Å². The smallest absolute Gasteiger partial charge is 0.324 e. The molecular weight excluding hydrogens is 323 g/mol. The van der Waals surface area contributed by atoms with Gasteiger partial charge in [-0.05, 0) is 55.2 Å². The summed E-state index contributed by atoms with van der Waals surface area (Å²) in [5.74, 6) is -2.67. The van der Waals surface area contributed by atoms with E-state index in [9.17, 15) is 14.0 Å². The Bertz CT molecular complexity index is 735. The number of carbonyl (C=O) groups is 2. The Kier molecular flexibility index (Phi) is 6.28. The number of halogens is 1. The normalized spacial score (nSPS) is 10.6. The fourth-order valence-electron chi connectivity index (χ4n) is 2.62. The average molecular weight is 344 g/mol. The number of esters is 2. The van der Waals surface area contributed by atoms with E-state index < -0.39 is 17.9 Å². The lowest BCUT2D eigenvalue weighted by atomic mass is 9.91. The Labute approximate surface area is 146 Å². The maximum absolute atomic E-state index is 13.1. The zero-order valence-corrected chi connectivity index (χ0v) is 14.5. The van der Waals surface area contributed by atoms with Gasteiger partial charge in [-0.15, -0.1) is 0 Å². The number of hydrogen-bond donors (Lipinski definition) is 0. The van der Waals surface area contributed by atoms with Gasteiger partial charge in [0.15, 0.2) is 5.92 Å². The summed E-state index contributed by atoms with van der Waals surface area (Å²) < 4.78 is 23.1. The van der Waals surface area contributed by atoms with Crippen LogP contribution in [0.15, 0.2) is 42.5 Å². The molecule has 2 aromatic rings. The van der Waals surface area contributed by atoms with Crippen LogP contribution in [0.4, 0.5) is 4.39 Å². The maximum atomic E-state index is 13.1. The van der Waals surface area contributed by atoms with E-state index in [0.717, 1.165) is 16.7 Å². The van der Waals surface area contributed by atoms with Crippen LogP contribution in [0.3, 0.4) is 0 Å². The lowest BCUT2D eigenvalue weighted by Crippen LogP contribution is -2.26. The molecule has 0 heterocycles. The summed E-state index contributed by atoms with van der Waals surface area (Å²) in [6.45, 7) is 5.55. The van der Waals surface area contributed by atoms with Crippen LogP contribution in [0.5, 0.6) is 0 Å². The fourth-order valence-corrected chi connectivity index (χ4v) is 2.62. The van der Waals surface area contributed by atoms with Crippen molar-refractivity contribution in [3.05, 3.63) is 59.4 Å². The molecule has 0 bridgehead atoms. The van der Waals surface area contributed by atoms with Gasteiger partial charge in [0, 0.05) is 0 Å². The van der Waals surface area contributed by atoms with Crippen LogP contribution in [0.1, 0.15) is 30.9 Å². The highest BCUT2D eigenvalue weighted by Crippen LogP contribution is 2.28. The molecule has 2 aromatic carbocycles. The molecule has 5 heteroatoms. The van der Waals surface area contributed by atoms with Gasteiger partial charge in [-0.2, -0.15) is 0 Å². The summed E-state index contributed by atoms with van der Waals surface area (Å²) >= 11 is 0. The van der Waals surface area contributed by atoms with E-state index in [4.69, 9.17) is 9.47 Å². The minimum absolute atomic E-state index is 0.182. The van der Waals surface area contributed by atoms with Crippen molar-refractivity contribution in [3.63, 3.8) is 0 Å². The fraction of sp³-hybridized carbons (Fsp3) is 0.300. The molecule has 0 spiro atoms. The minimum atomic E-state index is -1.11. The van der Waals surface area contributed by atoms with Crippen molar-refractivity contribution in [2.24, 2.45) is 0 Å². The predicted molar refractivity (Wildman–Crippen MR) is 92.6 cm³/mol. The van der Waals surface area contributed by atoms with E-state index in [2.05, 4.69) is 0 Å². The van der Waals surface area contributed by atoms with Crippen LogP contribution in [-0.4, -0.2) is 25.2 Å². The number of aryl methyl sites for hydroxylation is 1. The first-order chi connectivity index (χ1) is 12.0. The number of carbonyl (C=O) groups excluding carboxylic acids is 2. The Morgan fingerprint density at radius 1 is 0.920 bits per heavy atom. The molecule has 0 aliphatic rings. The van der Waals surface area contributed by atoms with Gasteiger partial charge in [0.2, 0.25) is 0 Å². The van der Waals surface area contributed by atoms with Crippen molar-refractivity contribution in [2.75, 3.05) is 13.2 Å². The van der Waals surface area contributed by atoms with E-state index in [-0.39, 0.29) is 19.0 Å². The lowest BCUT2D eigenvalue weighted by Gasteiger charge is -2.17. The first kappa shape index (κ1) is 18.6. The molecular formula is C20H21FO4. The molecule has 0 amide bonds. The van der Waals surface area contributed by atoms with Crippen molar-refractivity contribution in [3.8, 4) is 11.1 Å². The second-order valence-corrected chi connectivity index (χ2v) is 5.52. The van der Waals surface area contributed by atoms with Crippen molar-refractivity contribution >= 4 is 11.9 Å². The number of ether oxygens (including phenoxy) is 2. The van der Waals surface area contributed by atoms with Crippen LogP contribution in [0, 0.1) is 12.7 Å². The molecule has 0 unspecified atom stereocenters. The quantitative estimate of drug-likeness (QED) is 0.587. The van der Waals surface area contributed by atoms with E-state index in [1.54, 1.807) is 38.1 Å². The van der Waals surface area contributed by atoms with E-state index in [1.807, 2.05) is 13.0 Å². The summed E-state index contributed by atoms with van der Waals surface area (Å²) in [5, 5.41) is 0. The topological polar surface area (TPSA) is 52.6 Å². The largest absolute Gasteiger partial charge is 0.465 e. The number of rotatable bonds is 6. The molecule has 0 fully saturated rings. The van der Waals surface area contributed by atoms with Crippen LogP contribution in [0.25, 0.3) is 11.1 Å². The summed E-state index contributed by atoms with van der Waals surface area (Å²) in [6, 6.07) is 11.5. The first-order valence-corrected chi connectivity index (χ1v) is 8.17. The standard InChI is InChI=1S/C20H21FO4/c1-4-24-19(22)18(20(23)25-5-2)17-11-8-15(12-13(17)3)14-6-9-16(21)10-7-14/h6-12,18H,4-5H2,1-3H3. The molecule has 132 valence electrons. The minimum Gasteiger partial charge on any atom is -0.465 e. The molecule has 0 aliphatic carbocycles. The highest BCUT2D eigenvalue weighted by atomic mass is 19.1. The second kappa shape index (κ2) is 8.42. The predicted octanol–water partition coefficient (Wildman–Crippen LogP) is 4.01. The Balaban J connectivity index is 2.39. The molecule has 0 saturated carbocycles. The monoisotopic (exact) mass is 344 g/mol. The van der Waals surface area contributed by atoms with Crippen molar-refractivity contribution in [2.45, 2.75) is 26.7 Å². The first-order valence-electron chi connectivity index (χ1n) is 8.17. The Morgan fingerprint density at radius 3 is 1.92 bits per heavy atom. The van der Waals surface area contributed by atoms with Crippen molar-refractivity contribution in [1.29, 1.82) is 0 Å². The third-order valence-corrected chi connectivity index (χ3v) is 3.80. The summed E-state index contributed by atoms with van der Waals surface area (Å²) in [5.41, 5.74) is 3.02.